The Morgan fingerprint density at radius 3 is 2.52 bits per heavy atom. The Bertz CT molecular complexity index is 1240. The van der Waals surface area contributed by atoms with Gasteiger partial charge in [0.2, 0.25) is 17.7 Å². The van der Waals surface area contributed by atoms with Crippen LogP contribution in [0.5, 0.6) is 0 Å². The monoisotopic (exact) mass is 445 g/mol. The number of nitrogens with one attached hydrogen (secondary N) is 1. The minimum atomic E-state index is -0.985. The van der Waals surface area contributed by atoms with E-state index in [1.54, 1.807) is 43.3 Å². The van der Waals surface area contributed by atoms with E-state index in [9.17, 15) is 24.5 Å². The molecule has 3 aliphatic heterocycles. The van der Waals surface area contributed by atoms with Crippen molar-refractivity contribution in [2.24, 2.45) is 16.9 Å². The van der Waals surface area contributed by atoms with Gasteiger partial charge in [0.05, 0.1) is 28.5 Å². The van der Waals surface area contributed by atoms with Crippen LogP contribution in [0, 0.1) is 28.9 Å². The van der Waals surface area contributed by atoms with Crippen LogP contribution in [0.25, 0.3) is 0 Å². The Morgan fingerprint density at radius 1 is 1.09 bits per heavy atom. The van der Waals surface area contributed by atoms with Gasteiger partial charge in [-0.2, -0.15) is 5.10 Å². The molecule has 0 spiro atoms. The summed E-state index contributed by atoms with van der Waals surface area (Å²) in [5.41, 5.74) is 1.14. The smallest absolute Gasteiger partial charge is 0.269 e. The molecule has 0 aromatic heterocycles. The molecular weight excluding hydrogens is 426 g/mol. The normalized spacial score (nSPS) is 25.2. The van der Waals surface area contributed by atoms with Gasteiger partial charge in [0, 0.05) is 24.0 Å². The molecule has 0 bridgehead atoms. The highest BCUT2D eigenvalue weighted by Gasteiger charge is 2.64. The number of carbonyl (C=O) groups is 3. The zero-order chi connectivity index (χ0) is 23.3. The van der Waals surface area contributed by atoms with Crippen LogP contribution in [-0.4, -0.2) is 46.0 Å². The maximum Gasteiger partial charge on any atom is 0.269 e. The van der Waals surface area contributed by atoms with Gasteiger partial charge < -0.3 is 5.32 Å². The molecule has 1 N–H and O–H groups in total. The van der Waals surface area contributed by atoms with Gasteiger partial charge in [-0.3, -0.25) is 29.5 Å². The number of fused-ring (bicyclic) bond motifs is 3. The van der Waals surface area contributed by atoms with Crippen molar-refractivity contribution < 1.29 is 19.3 Å². The number of allylic oxidation sites excluding steroid dienone is 1. The summed E-state index contributed by atoms with van der Waals surface area (Å²) in [7, 11) is 0. The summed E-state index contributed by atoms with van der Waals surface area (Å²) in [5.74, 6) is -3.15. The third-order valence-electron chi connectivity index (χ3n) is 6.23. The van der Waals surface area contributed by atoms with E-state index in [1.165, 1.54) is 29.4 Å². The van der Waals surface area contributed by atoms with Crippen molar-refractivity contribution >= 4 is 41.0 Å². The lowest BCUT2D eigenvalue weighted by molar-refractivity contribution is -0.384. The van der Waals surface area contributed by atoms with E-state index in [2.05, 4.69) is 10.4 Å². The molecule has 33 heavy (non-hydrogen) atoms. The SMILES string of the molecule is Cc1cc([N+](=O)[O-])ccc1N1C(=O)[C@@H]2[C@H](C1=O)[C@H](C(=O)Nc1ccccc1)N1N=CC=C[C@@H]21. The van der Waals surface area contributed by atoms with Crippen LogP contribution >= 0.6 is 0 Å². The number of aryl methyl sites for hydroxylation is 1. The number of imide groups is 1. The maximum atomic E-state index is 13.6. The summed E-state index contributed by atoms with van der Waals surface area (Å²) in [4.78, 5) is 51.9. The lowest BCUT2D eigenvalue weighted by Crippen LogP contribution is -2.47. The molecule has 5 rings (SSSR count). The number of nitro groups is 1. The summed E-state index contributed by atoms with van der Waals surface area (Å²) in [6.07, 6.45) is 4.97. The Balaban J connectivity index is 1.52. The van der Waals surface area contributed by atoms with Gasteiger partial charge in [-0.1, -0.05) is 24.3 Å². The number of carbonyl (C=O) groups excluding carboxylic acids is 3. The highest BCUT2D eigenvalue weighted by Crippen LogP contribution is 2.46. The molecule has 10 heteroatoms. The molecule has 0 aliphatic carbocycles. The third kappa shape index (κ3) is 3.18. The van der Waals surface area contributed by atoms with E-state index in [-0.39, 0.29) is 11.4 Å². The van der Waals surface area contributed by atoms with Crippen molar-refractivity contribution in [1.29, 1.82) is 0 Å². The molecule has 3 heterocycles. The zero-order valence-corrected chi connectivity index (χ0v) is 17.5. The van der Waals surface area contributed by atoms with Crippen molar-refractivity contribution in [3.05, 3.63) is 76.4 Å². The second-order valence-corrected chi connectivity index (χ2v) is 8.11. The molecule has 10 nitrogen and oxygen atoms in total. The first kappa shape index (κ1) is 20.6. The molecule has 2 aromatic carbocycles. The first-order chi connectivity index (χ1) is 15.9. The second-order valence-electron chi connectivity index (χ2n) is 8.11. The molecule has 3 aliphatic rings. The Labute approximate surface area is 188 Å². The number of nitro benzene ring substituents is 1. The average Bonchev–Trinajstić information content (AvgIpc) is 3.27. The maximum absolute atomic E-state index is 13.6. The van der Waals surface area contributed by atoms with Gasteiger partial charge in [0.15, 0.2) is 0 Å². The highest BCUT2D eigenvalue weighted by molar-refractivity contribution is 6.24. The fourth-order valence-electron chi connectivity index (χ4n) is 4.82. The number of hydrogen-bond donors (Lipinski definition) is 1. The minimum absolute atomic E-state index is 0.133. The van der Waals surface area contributed by atoms with Gasteiger partial charge in [-0.25, -0.2) is 4.90 Å². The molecule has 166 valence electrons. The highest BCUT2D eigenvalue weighted by atomic mass is 16.6. The van der Waals surface area contributed by atoms with Crippen LogP contribution in [0.15, 0.2) is 65.8 Å². The first-order valence-corrected chi connectivity index (χ1v) is 10.4. The first-order valence-electron chi connectivity index (χ1n) is 10.4. The van der Waals surface area contributed by atoms with Crippen molar-refractivity contribution in [2.45, 2.75) is 19.0 Å². The Morgan fingerprint density at radius 2 is 1.82 bits per heavy atom. The summed E-state index contributed by atoms with van der Waals surface area (Å²) < 4.78 is 0. The van der Waals surface area contributed by atoms with E-state index in [0.717, 1.165) is 4.90 Å². The van der Waals surface area contributed by atoms with Crippen LogP contribution < -0.4 is 10.2 Å². The van der Waals surface area contributed by atoms with Crippen LogP contribution in [0.4, 0.5) is 17.1 Å². The lowest BCUT2D eigenvalue weighted by atomic mass is 9.88. The van der Waals surface area contributed by atoms with Gasteiger partial charge in [0.25, 0.3) is 5.69 Å². The number of hydrazone groups is 1. The zero-order valence-electron chi connectivity index (χ0n) is 17.5. The minimum Gasteiger partial charge on any atom is -0.324 e. The van der Waals surface area contributed by atoms with Crippen LogP contribution in [0.2, 0.25) is 0 Å². The molecule has 2 aromatic rings. The van der Waals surface area contributed by atoms with Gasteiger partial charge >= 0.3 is 0 Å². The van der Waals surface area contributed by atoms with E-state index >= 15 is 0 Å². The summed E-state index contributed by atoms with van der Waals surface area (Å²) >= 11 is 0. The van der Waals surface area contributed by atoms with Crippen LogP contribution in [0.3, 0.4) is 0 Å². The number of hydrogen-bond acceptors (Lipinski definition) is 7. The number of para-hydroxylation sites is 1. The van der Waals surface area contributed by atoms with E-state index in [0.29, 0.717) is 11.3 Å². The lowest BCUT2D eigenvalue weighted by Gasteiger charge is -2.30. The number of benzene rings is 2. The molecule has 2 fully saturated rings. The van der Waals surface area contributed by atoms with Crippen LogP contribution in [-0.2, 0) is 14.4 Å². The Kier molecular flexibility index (Phi) is 4.77. The van der Waals surface area contributed by atoms with E-state index in [4.69, 9.17) is 0 Å². The van der Waals surface area contributed by atoms with E-state index in [1.807, 2.05) is 6.07 Å². The van der Waals surface area contributed by atoms with Gasteiger partial charge in [0.1, 0.15) is 6.04 Å². The van der Waals surface area contributed by atoms with E-state index < -0.39 is 46.6 Å². The molecule has 0 unspecified atom stereocenters. The fourth-order valence-corrected chi connectivity index (χ4v) is 4.82. The number of rotatable bonds is 4. The van der Waals surface area contributed by atoms with Crippen LogP contribution in [0.1, 0.15) is 5.56 Å². The number of nitrogens with zero attached hydrogens (tertiary/aromatic N) is 4. The molecule has 0 radical (unpaired) electrons. The molecule has 2 saturated heterocycles. The second kappa shape index (κ2) is 7.66. The van der Waals surface area contributed by atoms with Gasteiger partial charge in [-0.05, 0) is 36.8 Å². The molecule has 0 saturated carbocycles. The number of anilines is 2. The molecule has 4 atom stereocenters. The fraction of sp³-hybridized carbons (Fsp3) is 0.217. The predicted octanol–water partition coefficient (Wildman–Crippen LogP) is 2.26. The average molecular weight is 445 g/mol. The van der Waals surface area contributed by atoms with Gasteiger partial charge in [-0.15, -0.1) is 0 Å². The topological polar surface area (TPSA) is 125 Å². The molecular formula is C23H19N5O5. The van der Waals surface area contributed by atoms with Crippen molar-refractivity contribution in [1.82, 2.24) is 5.01 Å². The summed E-state index contributed by atoms with van der Waals surface area (Å²) in [6, 6.07) is 11.3. The Hall–Kier alpha value is -4.34. The standard InChI is InChI=1S/C23H19N5O5/c1-13-12-15(28(32)33)9-10-16(13)26-22(30)18-17-8-5-11-24-27(17)20(19(18)23(26)31)21(29)25-14-6-3-2-4-7-14/h2-12,17-20H,1H3,(H,25,29)/t17-,18-,19-,20+/m0/s1. The summed E-state index contributed by atoms with van der Waals surface area (Å²) in [6.45, 7) is 1.60. The number of non-ortho nitro benzene ring substituents is 1. The number of amides is 3. The van der Waals surface area contributed by atoms with Crippen molar-refractivity contribution in [2.75, 3.05) is 10.2 Å². The third-order valence-corrected chi connectivity index (χ3v) is 6.23. The largest absolute Gasteiger partial charge is 0.324 e. The van der Waals surface area contributed by atoms with Crippen molar-refractivity contribution in [3.8, 4) is 0 Å². The summed E-state index contributed by atoms with van der Waals surface area (Å²) in [5, 5.41) is 19.7. The van der Waals surface area contributed by atoms with Crippen molar-refractivity contribution in [3.63, 3.8) is 0 Å². The predicted molar refractivity (Wildman–Crippen MR) is 119 cm³/mol. The molecule has 3 amide bonds. The quantitative estimate of drug-likeness (QED) is 0.437.